The van der Waals surface area contributed by atoms with E-state index in [1.54, 1.807) is 0 Å². The quantitative estimate of drug-likeness (QED) is 0.821. The monoisotopic (exact) mass is 219 g/mol. The minimum absolute atomic E-state index is 0.617. The first-order valence-corrected chi connectivity index (χ1v) is 5.51. The number of hydrogen-bond donors (Lipinski definition) is 1. The lowest BCUT2D eigenvalue weighted by Crippen LogP contribution is -2.18. The van der Waals surface area contributed by atoms with Gasteiger partial charge < -0.3 is 10.6 Å². The fourth-order valence-corrected chi connectivity index (χ4v) is 1.55. The summed E-state index contributed by atoms with van der Waals surface area (Å²) in [6.45, 7) is 3.65. The number of fused-ring (bicyclic) bond motifs is 1. The normalized spacial score (nSPS) is 10.9. The van der Waals surface area contributed by atoms with E-state index in [9.17, 15) is 0 Å². The Bertz CT molecular complexity index is 476. The van der Waals surface area contributed by atoms with Gasteiger partial charge in [-0.15, -0.1) is 5.10 Å². The van der Waals surface area contributed by atoms with Crippen molar-refractivity contribution in [1.82, 2.24) is 14.6 Å². The smallest absolute Gasteiger partial charge is 0.153 e. The van der Waals surface area contributed by atoms with Gasteiger partial charge in [-0.1, -0.05) is 0 Å². The maximum Gasteiger partial charge on any atom is 0.153 e. The van der Waals surface area contributed by atoms with E-state index in [0.717, 1.165) is 30.1 Å². The van der Waals surface area contributed by atoms with Gasteiger partial charge in [0.15, 0.2) is 5.65 Å². The first-order chi connectivity index (χ1) is 7.74. The average Bonchev–Trinajstić information content (AvgIpc) is 2.69. The number of nitrogens with zero attached hydrogens (tertiary/aromatic N) is 4. The van der Waals surface area contributed by atoms with E-state index in [2.05, 4.69) is 21.9 Å². The zero-order chi connectivity index (χ0) is 11.5. The van der Waals surface area contributed by atoms with E-state index in [-0.39, 0.29) is 0 Å². The van der Waals surface area contributed by atoms with Crippen LogP contribution < -0.4 is 10.6 Å². The molecule has 2 aromatic rings. The topological polar surface area (TPSA) is 59.5 Å². The highest BCUT2D eigenvalue weighted by Gasteiger charge is 2.04. The molecule has 0 atom stereocenters. The molecular weight excluding hydrogens is 202 g/mol. The number of anilines is 1. The van der Waals surface area contributed by atoms with Crippen molar-refractivity contribution in [1.29, 1.82) is 0 Å². The molecule has 0 radical (unpaired) electrons. The SMILES string of the molecule is CCN(C)c1ccc2nc(CCN)cn2n1. The first-order valence-electron chi connectivity index (χ1n) is 5.51. The van der Waals surface area contributed by atoms with Gasteiger partial charge in [0, 0.05) is 20.0 Å². The molecule has 0 aliphatic carbocycles. The van der Waals surface area contributed by atoms with Gasteiger partial charge in [0.05, 0.1) is 11.9 Å². The molecule has 0 saturated carbocycles. The molecule has 0 aliphatic rings. The summed E-state index contributed by atoms with van der Waals surface area (Å²) in [4.78, 5) is 6.52. The molecule has 5 heteroatoms. The van der Waals surface area contributed by atoms with Crippen LogP contribution in [-0.2, 0) is 6.42 Å². The third-order valence-corrected chi connectivity index (χ3v) is 2.62. The van der Waals surface area contributed by atoms with E-state index in [1.165, 1.54) is 0 Å². The van der Waals surface area contributed by atoms with Crippen molar-refractivity contribution in [3.05, 3.63) is 24.0 Å². The van der Waals surface area contributed by atoms with Crippen LogP contribution in [0.1, 0.15) is 12.6 Å². The van der Waals surface area contributed by atoms with E-state index < -0.39 is 0 Å². The second-order valence-electron chi connectivity index (χ2n) is 3.78. The number of aromatic nitrogens is 3. The van der Waals surface area contributed by atoms with Gasteiger partial charge in [-0.2, -0.15) is 0 Å². The Morgan fingerprint density at radius 3 is 2.94 bits per heavy atom. The molecule has 0 spiro atoms. The van der Waals surface area contributed by atoms with Crippen LogP contribution >= 0.6 is 0 Å². The van der Waals surface area contributed by atoms with Crippen LogP contribution in [0.2, 0.25) is 0 Å². The van der Waals surface area contributed by atoms with Crippen LogP contribution in [0.3, 0.4) is 0 Å². The zero-order valence-electron chi connectivity index (χ0n) is 9.72. The summed E-state index contributed by atoms with van der Waals surface area (Å²) in [5, 5.41) is 4.49. The van der Waals surface area contributed by atoms with Crippen molar-refractivity contribution in [2.45, 2.75) is 13.3 Å². The Labute approximate surface area is 94.9 Å². The number of hydrogen-bond acceptors (Lipinski definition) is 4. The molecule has 0 amide bonds. The molecule has 0 fully saturated rings. The molecule has 2 rings (SSSR count). The molecule has 0 saturated heterocycles. The van der Waals surface area contributed by atoms with Crippen LogP contribution in [0, 0.1) is 0 Å². The van der Waals surface area contributed by atoms with Crippen molar-refractivity contribution in [3.63, 3.8) is 0 Å². The molecule has 2 heterocycles. The van der Waals surface area contributed by atoms with Crippen molar-refractivity contribution in [2.75, 3.05) is 25.0 Å². The second kappa shape index (κ2) is 4.49. The predicted molar refractivity (Wildman–Crippen MR) is 64.7 cm³/mol. The molecule has 16 heavy (non-hydrogen) atoms. The van der Waals surface area contributed by atoms with Crippen molar-refractivity contribution >= 4 is 11.5 Å². The van der Waals surface area contributed by atoms with Gasteiger partial charge in [0.2, 0.25) is 0 Å². The lowest BCUT2D eigenvalue weighted by atomic mass is 10.3. The lowest BCUT2D eigenvalue weighted by Gasteiger charge is -2.14. The number of rotatable bonds is 4. The molecule has 0 bridgehead atoms. The molecular formula is C11H17N5. The van der Waals surface area contributed by atoms with Crippen molar-refractivity contribution in [2.24, 2.45) is 5.73 Å². The Morgan fingerprint density at radius 2 is 2.25 bits per heavy atom. The average molecular weight is 219 g/mol. The molecule has 2 N–H and O–H groups in total. The summed E-state index contributed by atoms with van der Waals surface area (Å²) in [6, 6.07) is 3.96. The van der Waals surface area contributed by atoms with Gasteiger partial charge in [-0.25, -0.2) is 9.50 Å². The number of imidazole rings is 1. The second-order valence-corrected chi connectivity index (χ2v) is 3.78. The van der Waals surface area contributed by atoms with Crippen LogP contribution in [0.4, 0.5) is 5.82 Å². The molecule has 86 valence electrons. The minimum Gasteiger partial charge on any atom is -0.359 e. The Morgan fingerprint density at radius 1 is 1.44 bits per heavy atom. The van der Waals surface area contributed by atoms with Crippen molar-refractivity contribution < 1.29 is 0 Å². The van der Waals surface area contributed by atoms with Crippen LogP contribution in [0.15, 0.2) is 18.3 Å². The highest BCUT2D eigenvalue weighted by Crippen LogP contribution is 2.11. The Kier molecular flexibility index (Phi) is 3.05. The summed E-state index contributed by atoms with van der Waals surface area (Å²) in [5.41, 5.74) is 7.37. The minimum atomic E-state index is 0.617. The summed E-state index contributed by atoms with van der Waals surface area (Å²) >= 11 is 0. The van der Waals surface area contributed by atoms with Crippen LogP contribution in [0.25, 0.3) is 5.65 Å². The van der Waals surface area contributed by atoms with Gasteiger partial charge in [0.25, 0.3) is 0 Å². The summed E-state index contributed by atoms with van der Waals surface area (Å²) in [5.74, 6) is 0.951. The molecule has 5 nitrogen and oxygen atoms in total. The maximum atomic E-state index is 5.50. The standard InChI is InChI=1S/C11H17N5/c1-3-15(2)11-5-4-10-13-9(6-7-12)8-16(10)14-11/h4-5,8H,3,6-7,12H2,1-2H3. The zero-order valence-corrected chi connectivity index (χ0v) is 9.72. The highest BCUT2D eigenvalue weighted by atomic mass is 15.3. The number of nitrogens with two attached hydrogens (primary N) is 1. The highest BCUT2D eigenvalue weighted by molar-refractivity contribution is 5.46. The maximum absolute atomic E-state index is 5.50. The van der Waals surface area contributed by atoms with E-state index in [1.807, 2.05) is 29.9 Å². The lowest BCUT2D eigenvalue weighted by molar-refractivity contribution is 0.859. The Balaban J connectivity index is 2.37. The van der Waals surface area contributed by atoms with Crippen LogP contribution in [-0.4, -0.2) is 34.7 Å². The largest absolute Gasteiger partial charge is 0.359 e. The predicted octanol–water partition coefficient (Wildman–Crippen LogP) is 0.687. The third kappa shape index (κ3) is 1.99. The van der Waals surface area contributed by atoms with Gasteiger partial charge in [0.1, 0.15) is 5.82 Å². The van der Waals surface area contributed by atoms with Gasteiger partial charge in [-0.05, 0) is 25.6 Å². The van der Waals surface area contributed by atoms with E-state index in [4.69, 9.17) is 5.73 Å². The summed E-state index contributed by atoms with van der Waals surface area (Å²) in [6.07, 6.45) is 2.73. The third-order valence-electron chi connectivity index (χ3n) is 2.62. The fourth-order valence-electron chi connectivity index (χ4n) is 1.55. The Hall–Kier alpha value is -1.62. The van der Waals surface area contributed by atoms with Gasteiger partial charge in [-0.3, -0.25) is 0 Å². The van der Waals surface area contributed by atoms with Crippen molar-refractivity contribution in [3.8, 4) is 0 Å². The van der Waals surface area contributed by atoms with E-state index >= 15 is 0 Å². The van der Waals surface area contributed by atoms with Crippen LogP contribution in [0.5, 0.6) is 0 Å². The van der Waals surface area contributed by atoms with Gasteiger partial charge >= 0.3 is 0 Å². The first kappa shape index (κ1) is 10.9. The molecule has 0 unspecified atom stereocenters. The van der Waals surface area contributed by atoms with E-state index in [0.29, 0.717) is 6.54 Å². The summed E-state index contributed by atoms with van der Waals surface area (Å²) in [7, 11) is 2.02. The molecule has 0 aromatic carbocycles. The summed E-state index contributed by atoms with van der Waals surface area (Å²) < 4.78 is 1.81. The molecule has 2 aromatic heterocycles. The molecule has 0 aliphatic heterocycles. The fraction of sp³-hybridized carbons (Fsp3) is 0.455.